The summed E-state index contributed by atoms with van der Waals surface area (Å²) in [4.78, 5) is 16.0. The summed E-state index contributed by atoms with van der Waals surface area (Å²) in [5, 5.41) is 14.2. The van der Waals surface area contributed by atoms with Crippen LogP contribution in [0.3, 0.4) is 0 Å². The van der Waals surface area contributed by atoms with E-state index in [-0.39, 0.29) is 0 Å². The summed E-state index contributed by atoms with van der Waals surface area (Å²) in [5.74, 6) is 0.713. The van der Waals surface area contributed by atoms with E-state index in [0.717, 1.165) is 11.3 Å². The van der Waals surface area contributed by atoms with Crippen LogP contribution in [0.5, 0.6) is 5.75 Å². The summed E-state index contributed by atoms with van der Waals surface area (Å²) in [6.45, 7) is 0. The predicted molar refractivity (Wildman–Crippen MR) is 72.5 cm³/mol. The molecule has 2 rings (SSSR count). The average molecular weight is 274 g/mol. The Kier molecular flexibility index (Phi) is 3.95. The number of hydrogen-bond acceptors (Lipinski definition) is 5. The molecule has 7 heteroatoms. The van der Waals surface area contributed by atoms with Crippen LogP contribution in [-0.2, 0) is 0 Å². The number of nitrogens with zero attached hydrogens (tertiary/aromatic N) is 2. The maximum Gasteiger partial charge on any atom is 0.325 e. The number of urea groups is 1. The maximum atomic E-state index is 11.7. The lowest BCUT2D eigenvalue weighted by Gasteiger charge is -2.06. The lowest BCUT2D eigenvalue weighted by molar-refractivity contribution is 0.262. The van der Waals surface area contributed by atoms with E-state index in [1.54, 1.807) is 31.4 Å². The molecule has 0 spiro atoms. The van der Waals surface area contributed by atoms with E-state index in [0.29, 0.717) is 21.4 Å². The molecule has 0 aliphatic heterocycles. The number of rotatable bonds is 3. The standard InChI is InChI=1S/C12H10N4O2S/c1-18-9-4-2-8(3-5-9)15-11(17)16-12-14-7-10(6-13)19-12/h2-5,7H,1H3,(H2,14,15,16,17). The smallest absolute Gasteiger partial charge is 0.325 e. The number of thiazole rings is 1. The van der Waals surface area contributed by atoms with Crippen molar-refractivity contribution < 1.29 is 9.53 Å². The van der Waals surface area contributed by atoms with Crippen molar-refractivity contribution in [2.24, 2.45) is 0 Å². The Bertz CT molecular complexity index is 615. The Balaban J connectivity index is 1.95. The number of benzene rings is 1. The molecule has 6 nitrogen and oxygen atoms in total. The number of carbonyl (C=O) groups excluding carboxylic acids is 1. The Labute approximate surface area is 113 Å². The number of ether oxygens (including phenoxy) is 1. The van der Waals surface area contributed by atoms with Crippen LogP contribution >= 0.6 is 11.3 Å². The summed E-state index contributed by atoms with van der Waals surface area (Å²) < 4.78 is 5.02. The molecule has 0 atom stereocenters. The molecular weight excluding hydrogens is 264 g/mol. The van der Waals surface area contributed by atoms with Crippen molar-refractivity contribution in [2.45, 2.75) is 0 Å². The van der Waals surface area contributed by atoms with Gasteiger partial charge in [-0.25, -0.2) is 9.78 Å². The quantitative estimate of drug-likeness (QED) is 0.900. The van der Waals surface area contributed by atoms with E-state index in [9.17, 15) is 4.79 Å². The Morgan fingerprint density at radius 1 is 1.37 bits per heavy atom. The molecule has 0 aliphatic rings. The van der Waals surface area contributed by atoms with Gasteiger partial charge in [0.05, 0.1) is 13.3 Å². The van der Waals surface area contributed by atoms with Gasteiger partial charge in [-0.05, 0) is 24.3 Å². The Morgan fingerprint density at radius 3 is 2.68 bits per heavy atom. The molecule has 0 aliphatic carbocycles. The van der Waals surface area contributed by atoms with E-state index in [4.69, 9.17) is 10.00 Å². The van der Waals surface area contributed by atoms with Gasteiger partial charge in [-0.2, -0.15) is 5.26 Å². The molecule has 1 aromatic heterocycles. The number of carbonyl (C=O) groups is 1. The van der Waals surface area contributed by atoms with Crippen LogP contribution in [0, 0.1) is 11.3 Å². The predicted octanol–water partition coefficient (Wildman–Crippen LogP) is 2.67. The summed E-state index contributed by atoms with van der Waals surface area (Å²) in [7, 11) is 1.57. The zero-order valence-electron chi connectivity index (χ0n) is 10.0. The topological polar surface area (TPSA) is 87.0 Å². The molecule has 2 aromatic rings. The number of aromatic nitrogens is 1. The van der Waals surface area contributed by atoms with E-state index in [2.05, 4.69) is 15.6 Å². The second kappa shape index (κ2) is 5.84. The van der Waals surface area contributed by atoms with Gasteiger partial charge in [0.15, 0.2) is 5.13 Å². The van der Waals surface area contributed by atoms with Crippen molar-refractivity contribution in [2.75, 3.05) is 17.7 Å². The first-order valence-electron chi connectivity index (χ1n) is 5.29. The minimum Gasteiger partial charge on any atom is -0.497 e. The Hall–Kier alpha value is -2.59. The van der Waals surface area contributed by atoms with Crippen molar-refractivity contribution in [1.82, 2.24) is 4.98 Å². The molecule has 0 bridgehead atoms. The minimum atomic E-state index is -0.413. The molecule has 0 saturated heterocycles. The average Bonchev–Trinajstić information content (AvgIpc) is 2.87. The van der Waals surface area contributed by atoms with Crippen molar-refractivity contribution >= 4 is 28.2 Å². The molecule has 19 heavy (non-hydrogen) atoms. The summed E-state index contributed by atoms with van der Waals surface area (Å²) >= 11 is 1.11. The first-order chi connectivity index (χ1) is 9.21. The molecule has 0 unspecified atom stereocenters. The third kappa shape index (κ3) is 3.43. The van der Waals surface area contributed by atoms with Crippen LogP contribution in [0.4, 0.5) is 15.6 Å². The summed E-state index contributed by atoms with van der Waals surface area (Å²) in [5.41, 5.74) is 0.635. The van der Waals surface area contributed by atoms with Crippen molar-refractivity contribution in [3.05, 3.63) is 35.3 Å². The van der Waals surface area contributed by atoms with E-state index in [1.165, 1.54) is 6.20 Å². The van der Waals surface area contributed by atoms with Crippen LogP contribution in [0.2, 0.25) is 0 Å². The third-order valence-electron chi connectivity index (χ3n) is 2.18. The number of nitriles is 1. The van der Waals surface area contributed by atoms with Crippen LogP contribution < -0.4 is 15.4 Å². The van der Waals surface area contributed by atoms with Gasteiger partial charge < -0.3 is 10.1 Å². The highest BCUT2D eigenvalue weighted by Crippen LogP contribution is 2.18. The van der Waals surface area contributed by atoms with Gasteiger partial charge in [0, 0.05) is 5.69 Å². The van der Waals surface area contributed by atoms with E-state index in [1.807, 2.05) is 6.07 Å². The normalized spacial score (nSPS) is 9.47. The number of nitrogens with one attached hydrogen (secondary N) is 2. The first kappa shape index (κ1) is 12.9. The SMILES string of the molecule is COc1ccc(NC(=O)Nc2ncc(C#N)s2)cc1. The lowest BCUT2D eigenvalue weighted by atomic mass is 10.3. The molecule has 2 amide bonds. The van der Waals surface area contributed by atoms with Gasteiger partial charge in [-0.3, -0.25) is 5.32 Å². The van der Waals surface area contributed by atoms with E-state index >= 15 is 0 Å². The molecule has 1 heterocycles. The summed E-state index contributed by atoms with van der Waals surface area (Å²) in [6, 6.07) is 8.47. The number of hydrogen-bond donors (Lipinski definition) is 2. The molecule has 0 fully saturated rings. The molecule has 0 radical (unpaired) electrons. The monoisotopic (exact) mass is 274 g/mol. The fraction of sp³-hybridized carbons (Fsp3) is 0.0833. The Morgan fingerprint density at radius 2 is 2.11 bits per heavy atom. The number of amides is 2. The van der Waals surface area contributed by atoms with Gasteiger partial charge in [0.2, 0.25) is 0 Å². The zero-order chi connectivity index (χ0) is 13.7. The second-order valence-electron chi connectivity index (χ2n) is 3.45. The molecule has 96 valence electrons. The van der Waals surface area contributed by atoms with Gasteiger partial charge in [0.1, 0.15) is 16.7 Å². The fourth-order valence-electron chi connectivity index (χ4n) is 1.32. The molecule has 1 aromatic carbocycles. The first-order valence-corrected chi connectivity index (χ1v) is 6.11. The highest BCUT2D eigenvalue weighted by molar-refractivity contribution is 7.16. The van der Waals surface area contributed by atoms with Gasteiger partial charge >= 0.3 is 6.03 Å². The molecule has 0 saturated carbocycles. The van der Waals surface area contributed by atoms with Crippen LogP contribution in [-0.4, -0.2) is 18.1 Å². The fourth-order valence-corrected chi connectivity index (χ4v) is 1.93. The second-order valence-corrected chi connectivity index (χ2v) is 4.48. The third-order valence-corrected chi connectivity index (χ3v) is 3.00. The van der Waals surface area contributed by atoms with Crippen LogP contribution in [0.15, 0.2) is 30.5 Å². The van der Waals surface area contributed by atoms with Gasteiger partial charge in [-0.15, -0.1) is 0 Å². The van der Waals surface area contributed by atoms with E-state index < -0.39 is 6.03 Å². The van der Waals surface area contributed by atoms with Crippen LogP contribution in [0.1, 0.15) is 4.88 Å². The van der Waals surface area contributed by atoms with Crippen molar-refractivity contribution in [1.29, 1.82) is 5.26 Å². The highest BCUT2D eigenvalue weighted by atomic mass is 32.1. The number of methoxy groups -OCH3 is 1. The largest absolute Gasteiger partial charge is 0.497 e. The van der Waals surface area contributed by atoms with Gasteiger partial charge in [0.25, 0.3) is 0 Å². The van der Waals surface area contributed by atoms with Crippen LogP contribution in [0.25, 0.3) is 0 Å². The molecule has 2 N–H and O–H groups in total. The van der Waals surface area contributed by atoms with Crippen molar-refractivity contribution in [3.8, 4) is 11.8 Å². The minimum absolute atomic E-state index is 0.377. The van der Waals surface area contributed by atoms with Gasteiger partial charge in [-0.1, -0.05) is 11.3 Å². The molecular formula is C12H10N4O2S. The summed E-state index contributed by atoms with van der Waals surface area (Å²) in [6.07, 6.45) is 1.41. The van der Waals surface area contributed by atoms with Crippen molar-refractivity contribution in [3.63, 3.8) is 0 Å². The highest BCUT2D eigenvalue weighted by Gasteiger charge is 2.06. The lowest BCUT2D eigenvalue weighted by Crippen LogP contribution is -2.19. The zero-order valence-corrected chi connectivity index (χ0v) is 10.8. The number of anilines is 2. The maximum absolute atomic E-state index is 11.7.